The van der Waals surface area contributed by atoms with Crippen LogP contribution in [0, 0.1) is 0 Å². The molecular weight excluding hydrogens is 288 g/mol. The Balaban J connectivity index is 1.71. The monoisotopic (exact) mass is 304 g/mol. The Morgan fingerprint density at radius 3 is 3.09 bits per heavy atom. The number of amides is 1. The van der Waals surface area contributed by atoms with Gasteiger partial charge in [-0.05, 0) is 31.9 Å². The Morgan fingerprint density at radius 2 is 2.36 bits per heavy atom. The zero-order valence-electron chi connectivity index (χ0n) is 12.1. The van der Waals surface area contributed by atoms with Crippen LogP contribution in [0.3, 0.4) is 0 Å². The number of nitrogens with two attached hydrogens (primary N) is 1. The highest BCUT2D eigenvalue weighted by molar-refractivity contribution is 5.64. The number of rotatable bonds is 6. The van der Waals surface area contributed by atoms with E-state index in [-0.39, 0.29) is 5.89 Å². The first-order valence-corrected chi connectivity index (χ1v) is 6.98. The van der Waals surface area contributed by atoms with Gasteiger partial charge in [0.1, 0.15) is 0 Å². The third kappa shape index (κ3) is 3.59. The molecule has 8 heteroatoms. The molecule has 1 fully saturated rings. The Morgan fingerprint density at radius 1 is 1.55 bits per heavy atom. The average Bonchev–Trinajstić information content (AvgIpc) is 3.18. The molecule has 0 spiro atoms. The molecule has 0 radical (unpaired) electrons. The zero-order valence-corrected chi connectivity index (χ0v) is 12.1. The van der Waals surface area contributed by atoms with E-state index < -0.39 is 12.2 Å². The molecule has 3 rings (SSSR count). The van der Waals surface area contributed by atoms with Gasteiger partial charge in [-0.2, -0.15) is 4.98 Å². The Hall–Kier alpha value is -2.48. The van der Waals surface area contributed by atoms with E-state index in [1.54, 1.807) is 19.2 Å². The molecule has 1 amide bonds. The second-order valence-electron chi connectivity index (χ2n) is 5.08. The molecule has 2 N–H and O–H groups in total. The van der Waals surface area contributed by atoms with Crippen molar-refractivity contribution in [2.75, 3.05) is 0 Å². The molecule has 0 bridgehead atoms. The molecule has 2 heterocycles. The quantitative estimate of drug-likeness (QED) is 0.867. The summed E-state index contributed by atoms with van der Waals surface area (Å²) in [6.07, 6.45) is 2.68. The summed E-state index contributed by atoms with van der Waals surface area (Å²) >= 11 is 0. The predicted molar refractivity (Wildman–Crippen MR) is 74.4 cm³/mol. The Kier molecular flexibility index (Phi) is 4.01. The number of carbonyl (C=O) groups excluding carboxylic acids is 1. The lowest BCUT2D eigenvalue weighted by Gasteiger charge is -2.05. The van der Waals surface area contributed by atoms with Crippen LogP contribution in [0.25, 0.3) is 11.4 Å². The number of carbonyl (C=O) groups is 1. The van der Waals surface area contributed by atoms with E-state index in [0.717, 1.165) is 24.1 Å². The number of nitrogens with zero attached hydrogens (tertiary/aromatic N) is 3. The number of aromatic nitrogens is 3. The first kappa shape index (κ1) is 14.5. The summed E-state index contributed by atoms with van der Waals surface area (Å²) < 4.78 is 15.5. The van der Waals surface area contributed by atoms with Crippen molar-refractivity contribution in [1.82, 2.24) is 15.1 Å². The van der Waals surface area contributed by atoms with E-state index in [4.69, 9.17) is 19.7 Å². The molecule has 0 unspecified atom stereocenters. The van der Waals surface area contributed by atoms with Gasteiger partial charge in [0.2, 0.25) is 5.82 Å². The smallest absolute Gasteiger partial charge is 0.405 e. The van der Waals surface area contributed by atoms with Gasteiger partial charge in [0.25, 0.3) is 5.89 Å². The van der Waals surface area contributed by atoms with Gasteiger partial charge in [-0.25, -0.2) is 4.79 Å². The molecular formula is C14H16N4O4. The first-order chi connectivity index (χ1) is 10.6. The van der Waals surface area contributed by atoms with Crippen LogP contribution in [0.4, 0.5) is 4.79 Å². The van der Waals surface area contributed by atoms with E-state index in [1.165, 1.54) is 0 Å². The van der Waals surface area contributed by atoms with E-state index in [9.17, 15) is 4.79 Å². The van der Waals surface area contributed by atoms with Crippen molar-refractivity contribution in [3.8, 4) is 11.4 Å². The molecule has 0 aliphatic heterocycles. The van der Waals surface area contributed by atoms with Crippen molar-refractivity contribution in [2.45, 2.75) is 38.6 Å². The normalized spacial score (nSPS) is 15.5. The van der Waals surface area contributed by atoms with E-state index in [0.29, 0.717) is 18.5 Å². The van der Waals surface area contributed by atoms with Crippen LogP contribution in [-0.4, -0.2) is 27.3 Å². The van der Waals surface area contributed by atoms with E-state index >= 15 is 0 Å². The number of hydrogen-bond donors (Lipinski definition) is 1. The molecule has 0 saturated heterocycles. The van der Waals surface area contributed by atoms with Gasteiger partial charge in [-0.3, -0.25) is 4.98 Å². The molecule has 1 saturated carbocycles. The SMILES string of the molecule is C[C@H](OC(N)=O)c1nc(-c2ccnc(COC3CC3)c2)no1. The summed E-state index contributed by atoms with van der Waals surface area (Å²) in [7, 11) is 0. The summed E-state index contributed by atoms with van der Waals surface area (Å²) in [6, 6.07) is 3.62. The number of hydrogen-bond acceptors (Lipinski definition) is 7. The van der Waals surface area contributed by atoms with Crippen LogP contribution in [0.15, 0.2) is 22.9 Å². The lowest BCUT2D eigenvalue weighted by atomic mass is 10.2. The van der Waals surface area contributed by atoms with Crippen molar-refractivity contribution in [3.63, 3.8) is 0 Å². The van der Waals surface area contributed by atoms with Gasteiger partial charge < -0.3 is 19.7 Å². The molecule has 2 aromatic rings. The topological polar surface area (TPSA) is 113 Å². The number of pyridine rings is 1. The zero-order chi connectivity index (χ0) is 15.5. The molecule has 0 aromatic carbocycles. The maximum atomic E-state index is 10.7. The number of ether oxygens (including phenoxy) is 2. The fourth-order valence-electron chi connectivity index (χ4n) is 1.88. The fraction of sp³-hybridized carbons (Fsp3) is 0.429. The van der Waals surface area contributed by atoms with Crippen LogP contribution >= 0.6 is 0 Å². The molecule has 116 valence electrons. The molecule has 8 nitrogen and oxygen atoms in total. The highest BCUT2D eigenvalue weighted by Crippen LogP contribution is 2.25. The van der Waals surface area contributed by atoms with E-state index in [2.05, 4.69) is 15.1 Å². The molecule has 1 aliphatic rings. The van der Waals surface area contributed by atoms with Crippen molar-refractivity contribution < 1.29 is 18.8 Å². The summed E-state index contributed by atoms with van der Waals surface area (Å²) in [6.45, 7) is 2.06. The molecule has 22 heavy (non-hydrogen) atoms. The van der Waals surface area contributed by atoms with Crippen LogP contribution in [0.2, 0.25) is 0 Å². The minimum Gasteiger partial charge on any atom is -0.437 e. The summed E-state index contributed by atoms with van der Waals surface area (Å²) in [5.74, 6) is 0.575. The van der Waals surface area contributed by atoms with Gasteiger partial charge in [0.05, 0.1) is 18.4 Å². The second kappa shape index (κ2) is 6.10. The van der Waals surface area contributed by atoms with Crippen molar-refractivity contribution >= 4 is 6.09 Å². The third-order valence-corrected chi connectivity index (χ3v) is 3.15. The maximum Gasteiger partial charge on any atom is 0.405 e. The largest absolute Gasteiger partial charge is 0.437 e. The highest BCUT2D eigenvalue weighted by atomic mass is 16.6. The van der Waals surface area contributed by atoms with Gasteiger partial charge >= 0.3 is 6.09 Å². The maximum absolute atomic E-state index is 10.7. The average molecular weight is 304 g/mol. The molecule has 1 aliphatic carbocycles. The minimum atomic E-state index is -0.893. The summed E-state index contributed by atoms with van der Waals surface area (Å²) in [5.41, 5.74) is 6.52. The Labute approximate surface area is 126 Å². The van der Waals surface area contributed by atoms with E-state index in [1.807, 2.05) is 6.07 Å². The van der Waals surface area contributed by atoms with Gasteiger partial charge in [0, 0.05) is 11.8 Å². The van der Waals surface area contributed by atoms with Crippen LogP contribution < -0.4 is 5.73 Å². The minimum absolute atomic E-state index is 0.182. The summed E-state index contributed by atoms with van der Waals surface area (Å²) in [4.78, 5) is 19.2. The van der Waals surface area contributed by atoms with Gasteiger partial charge in [-0.1, -0.05) is 5.16 Å². The lowest BCUT2D eigenvalue weighted by molar-refractivity contribution is 0.0959. The fourth-order valence-corrected chi connectivity index (χ4v) is 1.88. The third-order valence-electron chi connectivity index (χ3n) is 3.15. The van der Waals surface area contributed by atoms with Crippen molar-refractivity contribution in [3.05, 3.63) is 29.9 Å². The van der Waals surface area contributed by atoms with Gasteiger partial charge in [-0.15, -0.1) is 0 Å². The highest BCUT2D eigenvalue weighted by Gasteiger charge is 2.22. The predicted octanol–water partition coefficient (Wildman–Crippen LogP) is 1.97. The standard InChI is InChI=1S/C14H16N4O4/c1-8(21-14(15)19)13-17-12(18-22-13)9-4-5-16-10(6-9)7-20-11-2-3-11/h4-6,8,11H,2-3,7H2,1H3,(H2,15,19)/t8-/m0/s1. The number of primary amides is 1. The van der Waals surface area contributed by atoms with Crippen molar-refractivity contribution in [1.29, 1.82) is 0 Å². The molecule has 2 aromatic heterocycles. The second-order valence-corrected chi connectivity index (χ2v) is 5.08. The summed E-state index contributed by atoms with van der Waals surface area (Å²) in [5, 5.41) is 3.88. The molecule has 1 atom stereocenters. The Bertz CT molecular complexity index is 668. The van der Waals surface area contributed by atoms with Crippen LogP contribution in [0.1, 0.15) is 37.5 Å². The van der Waals surface area contributed by atoms with Crippen LogP contribution in [0.5, 0.6) is 0 Å². The van der Waals surface area contributed by atoms with Crippen LogP contribution in [-0.2, 0) is 16.1 Å². The lowest BCUT2D eigenvalue weighted by Crippen LogP contribution is -2.15. The van der Waals surface area contributed by atoms with Crippen molar-refractivity contribution in [2.24, 2.45) is 5.73 Å². The first-order valence-electron chi connectivity index (χ1n) is 6.98. The van der Waals surface area contributed by atoms with Gasteiger partial charge in [0.15, 0.2) is 6.10 Å².